The number of fused-ring (bicyclic) bond motifs is 3. The van der Waals surface area contributed by atoms with Gasteiger partial charge in [0, 0.05) is 30.4 Å². The lowest BCUT2D eigenvalue weighted by Crippen LogP contribution is -2.62. The molecule has 6 amide bonds. The molecule has 66 heavy (non-hydrogen) atoms. The number of nitrogens with zero attached hydrogens (tertiary/aromatic N) is 1. The number of carboxylic acid groups (broad SMARTS) is 2. The van der Waals surface area contributed by atoms with Crippen LogP contribution in [0.1, 0.15) is 104 Å². The van der Waals surface area contributed by atoms with Crippen LogP contribution in [-0.2, 0) is 50.2 Å². The molecule has 18 nitrogen and oxygen atoms in total. The number of carboxylic acids is 2. The van der Waals surface area contributed by atoms with Gasteiger partial charge >= 0.3 is 11.9 Å². The predicted molar refractivity (Wildman–Crippen MR) is 247 cm³/mol. The average molecular weight is 915 g/mol. The summed E-state index contributed by atoms with van der Waals surface area (Å²) >= 11 is 0. The quantitative estimate of drug-likeness (QED) is 0.0651. The Morgan fingerprint density at radius 3 is 2.11 bits per heavy atom. The Hall–Kier alpha value is -6.56. The number of amides is 6. The van der Waals surface area contributed by atoms with Crippen LogP contribution in [0, 0.1) is 5.92 Å². The fourth-order valence-corrected chi connectivity index (χ4v) is 8.55. The van der Waals surface area contributed by atoms with E-state index in [2.05, 4.69) is 38.7 Å². The molecular weight excluding hydrogens is 849 g/mol. The van der Waals surface area contributed by atoms with Gasteiger partial charge in [-0.1, -0.05) is 92.1 Å². The monoisotopic (exact) mass is 914 g/mol. The van der Waals surface area contributed by atoms with Crippen LogP contribution in [0.4, 0.5) is 5.69 Å². The molecule has 18 heteroatoms. The Labute approximate surface area is 385 Å². The second-order valence-corrected chi connectivity index (χ2v) is 17.6. The van der Waals surface area contributed by atoms with Crippen LogP contribution in [0.2, 0.25) is 0 Å². The van der Waals surface area contributed by atoms with E-state index in [0.717, 1.165) is 29.7 Å². The van der Waals surface area contributed by atoms with Gasteiger partial charge in [-0.15, -0.1) is 0 Å². The Balaban J connectivity index is 1.86. The summed E-state index contributed by atoms with van der Waals surface area (Å²) in [4.78, 5) is 108. The summed E-state index contributed by atoms with van der Waals surface area (Å²) in [6.07, 6.45) is 4.02. The number of hydrogen-bond acceptors (Lipinski definition) is 10. The molecule has 4 rings (SSSR count). The van der Waals surface area contributed by atoms with Crippen molar-refractivity contribution in [2.24, 2.45) is 17.4 Å². The summed E-state index contributed by atoms with van der Waals surface area (Å²) in [7, 11) is 0. The number of rotatable bonds is 25. The van der Waals surface area contributed by atoms with Crippen molar-refractivity contribution in [2.45, 2.75) is 141 Å². The van der Waals surface area contributed by atoms with Crippen molar-refractivity contribution >= 4 is 53.1 Å². The molecule has 0 bridgehead atoms. The van der Waals surface area contributed by atoms with E-state index in [-0.39, 0.29) is 38.1 Å². The first-order valence-corrected chi connectivity index (χ1v) is 22.5. The van der Waals surface area contributed by atoms with E-state index in [1.54, 1.807) is 37.3 Å². The minimum Gasteiger partial charge on any atom is -0.481 e. The first kappa shape index (κ1) is 52.1. The van der Waals surface area contributed by atoms with Gasteiger partial charge in [0.05, 0.1) is 6.54 Å². The van der Waals surface area contributed by atoms with Gasteiger partial charge in [0.2, 0.25) is 35.4 Å². The number of benzene rings is 2. The molecule has 11 N–H and O–H groups in total. The lowest BCUT2D eigenvalue weighted by Gasteiger charge is -2.36. The maximum Gasteiger partial charge on any atom is 0.326 e. The zero-order chi connectivity index (χ0) is 48.7. The number of allylic oxidation sites excluding steroid dienone is 4. The summed E-state index contributed by atoms with van der Waals surface area (Å²) in [5.74, 6) is -7.64. The second-order valence-electron chi connectivity index (χ2n) is 17.6. The molecule has 0 unspecified atom stereocenters. The second kappa shape index (κ2) is 24.1. The highest BCUT2D eigenvalue weighted by molar-refractivity contribution is 5.98. The van der Waals surface area contributed by atoms with Crippen molar-refractivity contribution in [3.63, 3.8) is 0 Å². The van der Waals surface area contributed by atoms with Crippen LogP contribution >= 0.6 is 0 Å². The standard InChI is InChI=1S/C48H66N8O10/c1-6-30(5)41(55-39(58)27-49)44(63)53-36(25-31-15-8-7-9-16-31)45(64)56-37(43(62)51-34(20-22-40(59)60)42(61)52-35(46(65)66)19-21-38(50)57)26-48(24-23-29(4)14-12-13-28(2)3)32-17-10-11-18-33(32)54-47(48)56/h7-11,13,15-18,23,30,34-37,41,47,54H,6,12,14,19-22,24-27,49H2,1-5H3,(H2,50,57)(H,51,62)(H,52,61)(H,53,63)(H,55,58)(H,59,60)(H,65,66)/b29-23+/t30-,34-,35-,36-,37+,41-,47-,48-/m0/s1. The van der Waals surface area contributed by atoms with Crippen molar-refractivity contribution in [1.82, 2.24) is 26.2 Å². The molecule has 2 aromatic carbocycles. The normalized spacial score (nSPS) is 19.6. The molecule has 2 aromatic rings. The van der Waals surface area contributed by atoms with Crippen LogP contribution < -0.4 is 38.1 Å². The largest absolute Gasteiger partial charge is 0.481 e. The average Bonchev–Trinajstić information content (AvgIpc) is 3.77. The fourth-order valence-electron chi connectivity index (χ4n) is 8.55. The van der Waals surface area contributed by atoms with E-state index < -0.39 is 102 Å². The van der Waals surface area contributed by atoms with E-state index in [1.165, 1.54) is 10.5 Å². The number of nitrogens with one attached hydrogen (secondary N) is 5. The zero-order valence-corrected chi connectivity index (χ0v) is 38.4. The Morgan fingerprint density at radius 2 is 1.48 bits per heavy atom. The van der Waals surface area contributed by atoms with Crippen molar-refractivity contribution in [3.05, 3.63) is 89.0 Å². The smallest absolute Gasteiger partial charge is 0.326 e. The highest BCUT2D eigenvalue weighted by atomic mass is 16.4. The fraction of sp³-hybridized carbons (Fsp3) is 0.500. The predicted octanol–water partition coefficient (Wildman–Crippen LogP) is 2.76. The number of anilines is 1. The Bertz CT molecular complexity index is 2160. The summed E-state index contributed by atoms with van der Waals surface area (Å²) in [6.45, 7) is 9.34. The van der Waals surface area contributed by atoms with Crippen LogP contribution in [-0.4, -0.2) is 105 Å². The van der Waals surface area contributed by atoms with Crippen molar-refractivity contribution in [2.75, 3.05) is 11.9 Å². The number of para-hydroxylation sites is 1. The molecule has 0 aromatic heterocycles. The molecule has 0 aliphatic carbocycles. The molecule has 2 aliphatic rings. The lowest BCUT2D eigenvalue weighted by molar-refractivity contribution is -0.145. The third-order valence-electron chi connectivity index (χ3n) is 12.4. The highest BCUT2D eigenvalue weighted by Crippen LogP contribution is 2.53. The van der Waals surface area contributed by atoms with Crippen LogP contribution in [0.5, 0.6) is 0 Å². The van der Waals surface area contributed by atoms with Crippen molar-refractivity contribution in [3.8, 4) is 0 Å². The number of likely N-dealkylation sites (tertiary alicyclic amines) is 1. The van der Waals surface area contributed by atoms with E-state index >= 15 is 4.79 Å². The number of carbonyl (C=O) groups excluding carboxylic acids is 6. The SMILES string of the molecule is CC[C@H](C)[C@H](NC(=O)CN)C(=O)N[C@@H](Cc1ccccc1)C(=O)N1[C@@H](C(=O)N[C@@H](CCC(=O)O)C(=O)N[C@@H](CCC(N)=O)C(=O)O)C[C@@]2(C/C=C(\C)CCC=C(C)C)c3ccccc3N[C@@H]12. The summed E-state index contributed by atoms with van der Waals surface area (Å²) < 4.78 is 0. The first-order chi connectivity index (χ1) is 31.3. The van der Waals surface area contributed by atoms with Gasteiger partial charge < -0.3 is 53.2 Å². The Morgan fingerprint density at radius 1 is 0.833 bits per heavy atom. The van der Waals surface area contributed by atoms with Crippen LogP contribution in [0.25, 0.3) is 0 Å². The molecule has 2 heterocycles. The van der Waals surface area contributed by atoms with Crippen molar-refractivity contribution < 1.29 is 48.6 Å². The maximum atomic E-state index is 15.6. The van der Waals surface area contributed by atoms with E-state index in [1.807, 2.05) is 52.0 Å². The molecule has 0 radical (unpaired) electrons. The van der Waals surface area contributed by atoms with Gasteiger partial charge in [-0.25, -0.2) is 4.79 Å². The maximum absolute atomic E-state index is 15.6. The summed E-state index contributed by atoms with van der Waals surface area (Å²) in [5.41, 5.74) is 14.4. The van der Waals surface area contributed by atoms with E-state index in [9.17, 15) is 43.8 Å². The van der Waals surface area contributed by atoms with Crippen molar-refractivity contribution in [1.29, 1.82) is 0 Å². The molecule has 0 saturated carbocycles. The zero-order valence-electron chi connectivity index (χ0n) is 38.4. The molecule has 8 atom stereocenters. The van der Waals surface area contributed by atoms with Gasteiger partial charge in [-0.3, -0.25) is 33.6 Å². The third-order valence-corrected chi connectivity index (χ3v) is 12.4. The van der Waals surface area contributed by atoms with Gasteiger partial charge in [0.25, 0.3) is 0 Å². The van der Waals surface area contributed by atoms with Crippen LogP contribution in [0.15, 0.2) is 77.9 Å². The van der Waals surface area contributed by atoms with Crippen LogP contribution in [0.3, 0.4) is 0 Å². The van der Waals surface area contributed by atoms with Gasteiger partial charge in [-0.2, -0.15) is 0 Å². The number of carbonyl (C=O) groups is 8. The topological polar surface area (TPSA) is 292 Å². The number of primary amides is 1. The number of aliphatic carboxylic acids is 2. The summed E-state index contributed by atoms with van der Waals surface area (Å²) in [5, 5.41) is 33.5. The minimum absolute atomic E-state index is 0.0180. The molecule has 358 valence electrons. The minimum atomic E-state index is -1.59. The third kappa shape index (κ3) is 13.7. The molecular formula is C48H66N8O10. The summed E-state index contributed by atoms with van der Waals surface area (Å²) in [6, 6.07) is 9.60. The molecule has 1 fully saturated rings. The van der Waals surface area contributed by atoms with E-state index in [4.69, 9.17) is 11.5 Å². The molecule has 2 aliphatic heterocycles. The van der Waals surface area contributed by atoms with Gasteiger partial charge in [0.1, 0.15) is 36.4 Å². The Kier molecular flexibility index (Phi) is 19.0. The lowest BCUT2D eigenvalue weighted by atomic mass is 9.74. The molecule has 0 spiro atoms. The number of nitrogens with two attached hydrogens (primary N) is 2. The van der Waals surface area contributed by atoms with E-state index in [0.29, 0.717) is 18.4 Å². The first-order valence-electron chi connectivity index (χ1n) is 22.5. The molecule has 1 saturated heterocycles. The van der Waals surface area contributed by atoms with Gasteiger partial charge in [0.15, 0.2) is 0 Å². The highest BCUT2D eigenvalue weighted by Gasteiger charge is 2.61. The number of hydrogen-bond donors (Lipinski definition) is 9. The van der Waals surface area contributed by atoms with Gasteiger partial charge in [-0.05, 0) is 82.4 Å².